The third kappa shape index (κ3) is 5.74. The molecule has 1 aliphatic heterocycles. The third-order valence-electron chi connectivity index (χ3n) is 7.14. The molecule has 230 valence electrons. The van der Waals surface area contributed by atoms with E-state index in [2.05, 4.69) is 15.2 Å². The minimum absolute atomic E-state index is 0.114. The number of methoxy groups -OCH3 is 1. The summed E-state index contributed by atoms with van der Waals surface area (Å²) in [5, 5.41) is 21.6. The van der Waals surface area contributed by atoms with E-state index in [1.165, 1.54) is 23.8 Å². The van der Waals surface area contributed by atoms with Crippen LogP contribution in [0.4, 0.5) is 5.13 Å². The van der Waals surface area contributed by atoms with Crippen molar-refractivity contribution in [3.8, 4) is 11.5 Å². The number of aromatic nitrogens is 4. The number of ketones is 1. The number of ether oxygens (including phenoxy) is 2. The summed E-state index contributed by atoms with van der Waals surface area (Å²) in [6.45, 7) is 3.99. The van der Waals surface area contributed by atoms with Gasteiger partial charge in [-0.1, -0.05) is 64.5 Å². The van der Waals surface area contributed by atoms with Gasteiger partial charge in [-0.15, -0.1) is 10.2 Å². The second kappa shape index (κ2) is 12.7. The quantitative estimate of drug-likeness (QED) is 0.0570. The lowest BCUT2D eigenvalue weighted by atomic mass is 9.96. The number of fused-ring (bicyclic) bond motifs is 1. The Hall–Kier alpha value is -4.10. The molecule has 1 amide bonds. The summed E-state index contributed by atoms with van der Waals surface area (Å²) in [4.78, 5) is 33.3. The fourth-order valence-corrected chi connectivity index (χ4v) is 7.56. The predicted molar refractivity (Wildman–Crippen MR) is 175 cm³/mol. The molecule has 1 fully saturated rings. The lowest BCUT2D eigenvalue weighted by Gasteiger charge is -2.23. The number of halogens is 2. The summed E-state index contributed by atoms with van der Waals surface area (Å²) in [6, 6.07) is 14.7. The molecule has 1 saturated heterocycles. The van der Waals surface area contributed by atoms with E-state index in [4.69, 9.17) is 32.7 Å². The number of amides is 1. The number of pyridine rings is 1. The largest absolute Gasteiger partial charge is 0.505 e. The number of thioether (sulfide) groups is 1. The first-order valence-electron chi connectivity index (χ1n) is 13.7. The number of carbonyl (C=O) groups is 2. The maximum atomic E-state index is 13.8. The molecule has 0 radical (unpaired) electrons. The van der Waals surface area contributed by atoms with Gasteiger partial charge in [-0.3, -0.25) is 18.9 Å². The second-order valence-electron chi connectivity index (χ2n) is 9.86. The highest BCUT2D eigenvalue weighted by atomic mass is 35.5. The van der Waals surface area contributed by atoms with Crippen LogP contribution in [0.5, 0.6) is 11.5 Å². The molecule has 1 aliphatic rings. The molecule has 0 bridgehead atoms. The fraction of sp³-hybridized carbons (Fsp3) is 0.194. The Labute approximate surface area is 276 Å². The monoisotopic (exact) mass is 681 g/mol. The van der Waals surface area contributed by atoms with Crippen molar-refractivity contribution in [2.75, 3.05) is 18.6 Å². The standard InChI is InChI=1S/C31H25Cl2N5O5S2/c1-4-43-21-11-9-17(13-22(21)42-3)26-24(27(39)25-16(2)34-23-7-5-6-12-37(23)25)28(40)29(41)38(26)30-35-36-31(45-30)44-15-18-8-10-19(32)14-20(18)33/h5-14,26,39H,4,15H2,1-3H3. The number of aliphatic hydroxyl groups is 1. The molecular weight excluding hydrogens is 657 g/mol. The van der Waals surface area contributed by atoms with Crippen molar-refractivity contribution >= 4 is 74.5 Å². The molecule has 0 saturated carbocycles. The third-order valence-corrected chi connectivity index (χ3v) is 9.84. The molecule has 0 spiro atoms. The molecule has 45 heavy (non-hydrogen) atoms. The number of aliphatic hydroxyl groups excluding tert-OH is 1. The molecule has 1 atom stereocenters. The van der Waals surface area contributed by atoms with E-state index in [1.54, 1.807) is 60.0 Å². The molecule has 1 N–H and O–H groups in total. The van der Waals surface area contributed by atoms with Crippen LogP contribution in [-0.2, 0) is 15.3 Å². The zero-order valence-corrected chi connectivity index (χ0v) is 27.3. The van der Waals surface area contributed by atoms with Crippen LogP contribution in [0.1, 0.15) is 35.5 Å². The first-order chi connectivity index (χ1) is 21.7. The van der Waals surface area contributed by atoms with Crippen LogP contribution < -0.4 is 14.4 Å². The first kappa shape index (κ1) is 30.9. The molecule has 3 aromatic heterocycles. The molecule has 0 aliphatic carbocycles. The molecule has 10 nitrogen and oxygen atoms in total. The number of Topliss-reactive ketones (excluding diaryl/α,β-unsaturated/α-hetero) is 1. The minimum Gasteiger partial charge on any atom is -0.505 e. The maximum Gasteiger partial charge on any atom is 0.301 e. The SMILES string of the molecule is CCOc1ccc(C2C(=C(O)c3c(C)nc4ccccn34)C(=O)C(=O)N2c2nnc(SCc3ccc(Cl)cc3Cl)s2)cc1OC. The minimum atomic E-state index is -1.06. The molecule has 14 heteroatoms. The van der Waals surface area contributed by atoms with Crippen LogP contribution in [0.3, 0.4) is 0 Å². The van der Waals surface area contributed by atoms with Crippen molar-refractivity contribution < 1.29 is 24.2 Å². The van der Waals surface area contributed by atoms with E-state index in [-0.39, 0.29) is 16.5 Å². The van der Waals surface area contributed by atoms with E-state index in [9.17, 15) is 14.7 Å². The molecule has 6 rings (SSSR count). The van der Waals surface area contributed by atoms with Crippen molar-refractivity contribution in [1.82, 2.24) is 19.6 Å². The Morgan fingerprint density at radius 2 is 1.91 bits per heavy atom. The number of hydrogen-bond donors (Lipinski definition) is 1. The van der Waals surface area contributed by atoms with E-state index in [0.29, 0.717) is 60.8 Å². The first-order valence-corrected chi connectivity index (χ1v) is 16.2. The Balaban J connectivity index is 1.46. The van der Waals surface area contributed by atoms with Crippen LogP contribution >= 0.6 is 46.3 Å². The van der Waals surface area contributed by atoms with Gasteiger partial charge in [0, 0.05) is 22.0 Å². The zero-order chi connectivity index (χ0) is 31.8. The maximum absolute atomic E-state index is 13.8. The number of aryl methyl sites for hydroxylation is 1. The van der Waals surface area contributed by atoms with Crippen molar-refractivity contribution in [3.05, 3.63) is 98.9 Å². The predicted octanol–water partition coefficient (Wildman–Crippen LogP) is 7.13. The number of anilines is 1. The van der Waals surface area contributed by atoms with Crippen molar-refractivity contribution in [3.63, 3.8) is 0 Å². The zero-order valence-electron chi connectivity index (χ0n) is 24.2. The Bertz CT molecular complexity index is 1990. The smallest absolute Gasteiger partial charge is 0.301 e. The van der Waals surface area contributed by atoms with Crippen molar-refractivity contribution in [2.45, 2.75) is 30.0 Å². The number of carbonyl (C=O) groups excluding carboxylic acids is 2. The van der Waals surface area contributed by atoms with Crippen LogP contribution in [-0.4, -0.2) is 50.1 Å². The van der Waals surface area contributed by atoms with Gasteiger partial charge in [-0.05, 0) is 61.4 Å². The van der Waals surface area contributed by atoms with Gasteiger partial charge in [0.2, 0.25) is 5.13 Å². The van der Waals surface area contributed by atoms with Crippen molar-refractivity contribution in [1.29, 1.82) is 0 Å². The van der Waals surface area contributed by atoms with Crippen molar-refractivity contribution in [2.24, 2.45) is 0 Å². The molecular formula is C31H25Cl2N5O5S2. The summed E-state index contributed by atoms with van der Waals surface area (Å²) in [6.07, 6.45) is 1.73. The van der Waals surface area contributed by atoms with E-state index in [1.807, 2.05) is 19.1 Å². The highest BCUT2D eigenvalue weighted by Crippen LogP contribution is 2.46. The summed E-state index contributed by atoms with van der Waals surface area (Å²) in [5.41, 5.74) is 2.62. The number of benzene rings is 2. The molecule has 4 heterocycles. The average Bonchev–Trinajstić information content (AvgIpc) is 3.70. The van der Waals surface area contributed by atoms with Gasteiger partial charge in [0.05, 0.1) is 31.0 Å². The lowest BCUT2D eigenvalue weighted by molar-refractivity contribution is -0.132. The van der Waals surface area contributed by atoms with Gasteiger partial charge >= 0.3 is 5.91 Å². The van der Waals surface area contributed by atoms with Gasteiger partial charge in [0.25, 0.3) is 5.78 Å². The van der Waals surface area contributed by atoms with Gasteiger partial charge in [0.15, 0.2) is 21.6 Å². The fourth-order valence-electron chi connectivity index (χ4n) is 5.14. The second-order valence-corrected chi connectivity index (χ2v) is 12.9. The number of nitrogens with zero attached hydrogens (tertiary/aromatic N) is 5. The number of rotatable bonds is 9. The van der Waals surface area contributed by atoms with Gasteiger partial charge in [0.1, 0.15) is 11.3 Å². The normalized spacial score (nSPS) is 16.1. The Morgan fingerprint density at radius 3 is 2.67 bits per heavy atom. The highest BCUT2D eigenvalue weighted by molar-refractivity contribution is 8.00. The Morgan fingerprint density at radius 1 is 1.09 bits per heavy atom. The van der Waals surface area contributed by atoms with Crippen LogP contribution in [0.2, 0.25) is 10.0 Å². The highest BCUT2D eigenvalue weighted by Gasteiger charge is 2.49. The van der Waals surface area contributed by atoms with Crippen LogP contribution in [0.25, 0.3) is 11.4 Å². The summed E-state index contributed by atoms with van der Waals surface area (Å²) in [5.74, 6) is -0.701. The van der Waals surface area contributed by atoms with E-state index in [0.717, 1.165) is 16.9 Å². The van der Waals surface area contributed by atoms with Crippen LogP contribution in [0.15, 0.2) is 70.7 Å². The van der Waals surface area contributed by atoms with Gasteiger partial charge < -0.3 is 14.6 Å². The van der Waals surface area contributed by atoms with Gasteiger partial charge in [-0.25, -0.2) is 4.98 Å². The van der Waals surface area contributed by atoms with Gasteiger partial charge in [-0.2, -0.15) is 0 Å². The number of imidazole rings is 1. The average molecular weight is 683 g/mol. The number of hydrogen-bond acceptors (Lipinski definition) is 10. The molecule has 2 aromatic carbocycles. The molecule has 1 unspecified atom stereocenters. The topological polar surface area (TPSA) is 119 Å². The lowest BCUT2D eigenvalue weighted by Crippen LogP contribution is -2.29. The van der Waals surface area contributed by atoms with E-state index < -0.39 is 17.7 Å². The summed E-state index contributed by atoms with van der Waals surface area (Å²) < 4.78 is 13.5. The van der Waals surface area contributed by atoms with E-state index >= 15 is 0 Å². The summed E-state index contributed by atoms with van der Waals surface area (Å²) >= 11 is 14.9. The summed E-state index contributed by atoms with van der Waals surface area (Å²) in [7, 11) is 1.50. The molecule has 5 aromatic rings. The van der Waals surface area contributed by atoms with Crippen LogP contribution in [0, 0.1) is 6.92 Å². The Kier molecular flexibility index (Phi) is 8.74.